The molecule has 0 fully saturated rings. The van der Waals surface area contributed by atoms with Gasteiger partial charge in [-0.1, -0.05) is 30.3 Å². The molecule has 1 rings (SSSR count). The van der Waals surface area contributed by atoms with Gasteiger partial charge in [-0.05, 0) is 5.56 Å². The Balaban J connectivity index is 1.86. The lowest BCUT2D eigenvalue weighted by atomic mass is 10.2. The summed E-state index contributed by atoms with van der Waals surface area (Å²) in [5, 5.41) is 8.49. The fraction of sp³-hybridized carbons (Fsp3) is 0.562. The smallest absolute Gasteiger partial charge is 0.310 e. The number of hydrogen-bond acceptors (Lipinski definition) is 6. The highest BCUT2D eigenvalue weighted by atomic mass is 16.6. The van der Waals surface area contributed by atoms with E-state index in [-0.39, 0.29) is 25.6 Å². The highest BCUT2D eigenvalue weighted by molar-refractivity contribution is 5.72. The van der Waals surface area contributed by atoms with Crippen LogP contribution in [-0.2, 0) is 30.2 Å². The lowest BCUT2D eigenvalue weighted by Gasteiger charge is -2.07. The maximum absolute atomic E-state index is 11.5. The van der Waals surface area contributed by atoms with Gasteiger partial charge in [0.1, 0.15) is 6.61 Å². The summed E-state index contributed by atoms with van der Waals surface area (Å²) in [5.74, 6) is -0.257. The molecule has 6 heteroatoms. The first-order valence-electron chi connectivity index (χ1n) is 7.36. The fourth-order valence-electron chi connectivity index (χ4n) is 1.63. The Morgan fingerprint density at radius 2 is 1.36 bits per heavy atom. The maximum Gasteiger partial charge on any atom is 0.310 e. The minimum Gasteiger partial charge on any atom is -0.463 e. The first kappa shape index (κ1) is 18.6. The molecule has 1 aromatic rings. The van der Waals surface area contributed by atoms with Gasteiger partial charge in [0, 0.05) is 0 Å². The van der Waals surface area contributed by atoms with Crippen LogP contribution in [0.15, 0.2) is 30.3 Å². The normalized spacial score (nSPS) is 10.6. The number of aliphatic hydroxyl groups is 1. The second-order valence-corrected chi connectivity index (χ2v) is 4.44. The third-order valence-electron chi connectivity index (χ3n) is 2.66. The van der Waals surface area contributed by atoms with Crippen molar-refractivity contribution in [2.24, 2.45) is 0 Å². The van der Waals surface area contributed by atoms with E-state index in [9.17, 15) is 4.79 Å². The molecule has 0 amide bonds. The van der Waals surface area contributed by atoms with Crippen LogP contribution in [0.4, 0.5) is 0 Å². The molecule has 22 heavy (non-hydrogen) atoms. The summed E-state index contributed by atoms with van der Waals surface area (Å²) in [5.41, 5.74) is 0.935. The summed E-state index contributed by atoms with van der Waals surface area (Å²) >= 11 is 0. The van der Waals surface area contributed by atoms with E-state index in [2.05, 4.69) is 0 Å². The van der Waals surface area contributed by atoms with Gasteiger partial charge in [0.25, 0.3) is 0 Å². The van der Waals surface area contributed by atoms with Gasteiger partial charge in [-0.25, -0.2) is 0 Å². The largest absolute Gasteiger partial charge is 0.463 e. The Labute approximate surface area is 130 Å². The highest BCUT2D eigenvalue weighted by Crippen LogP contribution is 2.00. The van der Waals surface area contributed by atoms with E-state index in [1.807, 2.05) is 30.3 Å². The van der Waals surface area contributed by atoms with Crippen LogP contribution in [-0.4, -0.2) is 63.9 Å². The van der Waals surface area contributed by atoms with Crippen LogP contribution < -0.4 is 0 Å². The zero-order chi connectivity index (χ0) is 15.9. The van der Waals surface area contributed by atoms with Crippen molar-refractivity contribution in [1.29, 1.82) is 0 Å². The van der Waals surface area contributed by atoms with Gasteiger partial charge in [-0.2, -0.15) is 0 Å². The topological polar surface area (TPSA) is 74.2 Å². The summed E-state index contributed by atoms with van der Waals surface area (Å²) in [6.45, 7) is 2.76. The number of hydrogen-bond donors (Lipinski definition) is 1. The third-order valence-corrected chi connectivity index (χ3v) is 2.66. The average Bonchev–Trinajstić information content (AvgIpc) is 2.53. The lowest BCUT2D eigenvalue weighted by molar-refractivity contribution is -0.144. The monoisotopic (exact) mass is 312 g/mol. The molecule has 6 nitrogen and oxygen atoms in total. The van der Waals surface area contributed by atoms with Crippen molar-refractivity contribution < 1.29 is 28.8 Å². The standard InChI is InChI=1S/C16H24O6/c17-6-7-19-8-9-20-10-11-21-12-13-22-16(18)14-15-4-2-1-3-5-15/h1-5,17H,6-14H2. The van der Waals surface area contributed by atoms with Crippen LogP contribution in [0.2, 0.25) is 0 Å². The second kappa shape index (κ2) is 13.2. The molecule has 1 N–H and O–H groups in total. The van der Waals surface area contributed by atoms with Crippen molar-refractivity contribution >= 4 is 5.97 Å². The van der Waals surface area contributed by atoms with Gasteiger partial charge in [0.2, 0.25) is 0 Å². The van der Waals surface area contributed by atoms with E-state index >= 15 is 0 Å². The molecule has 0 aliphatic heterocycles. The van der Waals surface area contributed by atoms with E-state index in [0.717, 1.165) is 5.56 Å². The summed E-state index contributed by atoms with van der Waals surface area (Å²) < 4.78 is 20.6. The van der Waals surface area contributed by atoms with Crippen molar-refractivity contribution in [3.63, 3.8) is 0 Å². The molecular weight excluding hydrogens is 288 g/mol. The number of ether oxygens (including phenoxy) is 4. The average molecular weight is 312 g/mol. The van der Waals surface area contributed by atoms with Crippen molar-refractivity contribution in [3.05, 3.63) is 35.9 Å². The minimum absolute atomic E-state index is 0.0199. The number of benzene rings is 1. The van der Waals surface area contributed by atoms with E-state index in [1.165, 1.54) is 0 Å². The number of rotatable bonds is 13. The highest BCUT2D eigenvalue weighted by Gasteiger charge is 2.03. The fourth-order valence-corrected chi connectivity index (χ4v) is 1.63. The van der Waals surface area contributed by atoms with Crippen molar-refractivity contribution in [1.82, 2.24) is 0 Å². The number of carbonyl (C=O) groups is 1. The molecule has 0 aliphatic carbocycles. The van der Waals surface area contributed by atoms with Gasteiger partial charge in [-0.15, -0.1) is 0 Å². The second-order valence-electron chi connectivity index (χ2n) is 4.44. The van der Waals surface area contributed by atoms with Gasteiger partial charge in [0.05, 0.1) is 52.7 Å². The summed E-state index contributed by atoms with van der Waals surface area (Å²) in [6, 6.07) is 9.46. The summed E-state index contributed by atoms with van der Waals surface area (Å²) in [7, 11) is 0. The molecule has 0 atom stereocenters. The number of aliphatic hydroxyl groups excluding tert-OH is 1. The van der Waals surface area contributed by atoms with Gasteiger partial charge in [-0.3, -0.25) is 4.79 Å². The SMILES string of the molecule is O=C(Cc1ccccc1)OCCOCCOCCOCCO. The first-order valence-corrected chi connectivity index (χ1v) is 7.36. The van der Waals surface area contributed by atoms with E-state index in [4.69, 9.17) is 24.1 Å². The van der Waals surface area contributed by atoms with E-state index in [1.54, 1.807) is 0 Å². The van der Waals surface area contributed by atoms with E-state index in [0.29, 0.717) is 39.6 Å². The Hall–Kier alpha value is -1.47. The first-order chi connectivity index (χ1) is 10.8. The molecule has 0 spiro atoms. The molecule has 0 saturated heterocycles. The van der Waals surface area contributed by atoms with Crippen LogP contribution in [0.1, 0.15) is 5.56 Å². The number of carbonyl (C=O) groups excluding carboxylic acids is 1. The third kappa shape index (κ3) is 10.3. The van der Waals surface area contributed by atoms with Crippen LogP contribution in [0.25, 0.3) is 0 Å². The Morgan fingerprint density at radius 3 is 1.95 bits per heavy atom. The molecule has 0 unspecified atom stereocenters. The van der Waals surface area contributed by atoms with Gasteiger partial charge < -0.3 is 24.1 Å². The van der Waals surface area contributed by atoms with Gasteiger partial charge >= 0.3 is 5.97 Å². The molecule has 0 aliphatic rings. The van der Waals surface area contributed by atoms with Crippen LogP contribution in [0, 0.1) is 0 Å². The van der Waals surface area contributed by atoms with E-state index < -0.39 is 0 Å². The van der Waals surface area contributed by atoms with Crippen molar-refractivity contribution in [2.45, 2.75) is 6.42 Å². The summed E-state index contributed by atoms with van der Waals surface area (Å²) in [6.07, 6.45) is 0.276. The lowest BCUT2D eigenvalue weighted by Crippen LogP contribution is -2.15. The zero-order valence-electron chi connectivity index (χ0n) is 12.7. The zero-order valence-corrected chi connectivity index (χ0v) is 12.7. The summed E-state index contributed by atoms with van der Waals surface area (Å²) in [4.78, 5) is 11.5. The molecule has 0 bridgehead atoms. The Morgan fingerprint density at radius 1 is 0.818 bits per heavy atom. The molecule has 124 valence electrons. The van der Waals surface area contributed by atoms with Crippen LogP contribution in [0.5, 0.6) is 0 Å². The predicted molar refractivity (Wildman–Crippen MR) is 80.6 cm³/mol. The van der Waals surface area contributed by atoms with Crippen LogP contribution >= 0.6 is 0 Å². The quantitative estimate of drug-likeness (QED) is 0.429. The van der Waals surface area contributed by atoms with Crippen LogP contribution in [0.3, 0.4) is 0 Å². The van der Waals surface area contributed by atoms with Crippen molar-refractivity contribution in [3.8, 4) is 0 Å². The molecule has 0 saturated carbocycles. The minimum atomic E-state index is -0.257. The molecule has 0 heterocycles. The van der Waals surface area contributed by atoms with Gasteiger partial charge in [0.15, 0.2) is 0 Å². The number of esters is 1. The Bertz CT molecular complexity index is 381. The Kier molecular flexibility index (Phi) is 11.2. The predicted octanol–water partition coefficient (Wildman–Crippen LogP) is 0.814. The maximum atomic E-state index is 11.5. The van der Waals surface area contributed by atoms with Crippen molar-refractivity contribution in [2.75, 3.05) is 52.9 Å². The molecule has 0 aromatic heterocycles. The molecule has 1 aromatic carbocycles. The molecule has 0 radical (unpaired) electrons. The molecular formula is C16H24O6.